The van der Waals surface area contributed by atoms with E-state index in [1.54, 1.807) is 12.1 Å². The second kappa shape index (κ2) is 6.27. The average molecular weight is 355 g/mol. The van der Waals surface area contributed by atoms with Gasteiger partial charge in [-0.2, -0.15) is 18.2 Å². The molecule has 2 nitrogen and oxygen atoms in total. The van der Waals surface area contributed by atoms with Crippen LogP contribution in [0.3, 0.4) is 0 Å². The van der Waals surface area contributed by atoms with Crippen molar-refractivity contribution in [1.29, 1.82) is 0 Å². The van der Waals surface area contributed by atoms with Gasteiger partial charge in [-0.15, -0.1) is 0 Å². The Morgan fingerprint density at radius 3 is 2.24 bits per heavy atom. The molecule has 0 aromatic heterocycles. The van der Waals surface area contributed by atoms with Crippen molar-refractivity contribution in [3.05, 3.63) is 35.4 Å². The minimum Gasteiger partial charge on any atom is -0.289 e. The van der Waals surface area contributed by atoms with Gasteiger partial charge in [-0.1, -0.05) is 24.3 Å². The first kappa shape index (κ1) is 18.7. The predicted molar refractivity (Wildman–Crippen MR) is 92.0 cm³/mol. The van der Waals surface area contributed by atoms with E-state index in [0.29, 0.717) is 12.0 Å². The molecule has 1 aromatic rings. The monoisotopic (exact) mass is 355 g/mol. The molecule has 2 atom stereocenters. The minimum absolute atomic E-state index is 0.0832. The standard InChI is InChI=1S/C20H28F3NO/c1-18(2)12-7-13-19(3,4)24(18)25-17-15-9-6-5-8-14(15)10-11-16(17)20(21,22)23/h5-6,8-9,16-17H,7,10-13H2,1-4H3/t16-,17-/m0/s1. The van der Waals surface area contributed by atoms with Crippen molar-refractivity contribution in [2.45, 2.75) is 83.2 Å². The van der Waals surface area contributed by atoms with Crippen molar-refractivity contribution >= 4 is 0 Å². The molecule has 2 aliphatic rings. The van der Waals surface area contributed by atoms with Crippen molar-refractivity contribution in [1.82, 2.24) is 5.06 Å². The molecule has 1 heterocycles. The lowest BCUT2D eigenvalue weighted by Gasteiger charge is -2.53. The Kier molecular flexibility index (Phi) is 4.70. The van der Waals surface area contributed by atoms with E-state index in [1.165, 1.54) is 0 Å². The maximum atomic E-state index is 13.7. The van der Waals surface area contributed by atoms with Crippen LogP contribution in [0.15, 0.2) is 24.3 Å². The lowest BCUT2D eigenvalue weighted by molar-refractivity contribution is -0.337. The summed E-state index contributed by atoms with van der Waals surface area (Å²) in [4.78, 5) is 6.24. The lowest BCUT2D eigenvalue weighted by Crippen LogP contribution is -2.59. The molecule has 3 rings (SSSR count). The SMILES string of the molecule is CC1(C)CCCC(C)(C)N1O[C@H]1c2ccccc2CC[C@@H]1C(F)(F)F. The first-order valence-corrected chi connectivity index (χ1v) is 9.14. The predicted octanol–water partition coefficient (Wildman–Crippen LogP) is 5.83. The Labute approximate surface area is 148 Å². The zero-order chi connectivity index (χ0) is 18.5. The van der Waals surface area contributed by atoms with E-state index in [0.717, 1.165) is 24.8 Å². The summed E-state index contributed by atoms with van der Waals surface area (Å²) in [6, 6.07) is 7.41. The normalized spacial score (nSPS) is 29.2. The van der Waals surface area contributed by atoms with E-state index >= 15 is 0 Å². The molecule has 140 valence electrons. The van der Waals surface area contributed by atoms with Gasteiger partial charge >= 0.3 is 6.18 Å². The van der Waals surface area contributed by atoms with Gasteiger partial charge in [0.1, 0.15) is 6.10 Å². The topological polar surface area (TPSA) is 12.5 Å². The smallest absolute Gasteiger partial charge is 0.289 e. The van der Waals surface area contributed by atoms with Gasteiger partial charge in [0.25, 0.3) is 0 Å². The number of hydrogen-bond donors (Lipinski definition) is 0. The summed E-state index contributed by atoms with van der Waals surface area (Å²) in [6.07, 6.45) is -1.80. The fourth-order valence-electron chi connectivity index (χ4n) is 4.56. The van der Waals surface area contributed by atoms with Crippen molar-refractivity contribution < 1.29 is 18.0 Å². The third kappa shape index (κ3) is 3.59. The van der Waals surface area contributed by atoms with Crippen LogP contribution in [0.25, 0.3) is 0 Å². The van der Waals surface area contributed by atoms with E-state index in [1.807, 2.05) is 17.2 Å². The number of halogens is 3. The summed E-state index contributed by atoms with van der Waals surface area (Å²) >= 11 is 0. The molecular formula is C20H28F3NO. The molecule has 1 fully saturated rings. The number of rotatable bonds is 2. The third-order valence-corrected chi connectivity index (χ3v) is 5.77. The van der Waals surface area contributed by atoms with Gasteiger partial charge < -0.3 is 0 Å². The molecule has 0 radical (unpaired) electrons. The van der Waals surface area contributed by atoms with Crippen molar-refractivity contribution in [2.24, 2.45) is 5.92 Å². The van der Waals surface area contributed by atoms with Gasteiger partial charge in [-0.3, -0.25) is 4.84 Å². The number of alkyl halides is 3. The van der Waals surface area contributed by atoms with E-state index in [4.69, 9.17) is 4.84 Å². The Hall–Kier alpha value is -1.07. The van der Waals surface area contributed by atoms with Crippen LogP contribution in [0.4, 0.5) is 13.2 Å². The quantitative estimate of drug-likeness (QED) is 0.662. The molecule has 0 spiro atoms. The van der Waals surface area contributed by atoms with Crippen molar-refractivity contribution in [2.75, 3.05) is 0 Å². The third-order valence-electron chi connectivity index (χ3n) is 5.77. The van der Waals surface area contributed by atoms with Gasteiger partial charge in [0, 0.05) is 11.1 Å². The molecule has 1 aliphatic carbocycles. The van der Waals surface area contributed by atoms with Gasteiger partial charge in [-0.05, 0) is 70.9 Å². The fraction of sp³-hybridized carbons (Fsp3) is 0.700. The van der Waals surface area contributed by atoms with Crippen molar-refractivity contribution in [3.8, 4) is 0 Å². The highest BCUT2D eigenvalue weighted by Crippen LogP contribution is 2.49. The molecule has 1 aromatic carbocycles. The van der Waals surface area contributed by atoms with E-state index in [9.17, 15) is 13.2 Å². The molecule has 1 aliphatic heterocycles. The summed E-state index contributed by atoms with van der Waals surface area (Å²) in [6.45, 7) is 8.24. The summed E-state index contributed by atoms with van der Waals surface area (Å²) in [5.41, 5.74) is 1.09. The largest absolute Gasteiger partial charge is 0.394 e. The number of hydrogen-bond acceptors (Lipinski definition) is 2. The van der Waals surface area contributed by atoms with Crippen LogP contribution in [0, 0.1) is 5.92 Å². The number of hydroxylamine groups is 2. The molecule has 0 saturated carbocycles. The highest BCUT2D eigenvalue weighted by Gasteiger charge is 2.51. The van der Waals surface area contributed by atoms with Gasteiger partial charge in [0.15, 0.2) is 0 Å². The fourth-order valence-corrected chi connectivity index (χ4v) is 4.56. The van der Waals surface area contributed by atoms with Crippen LogP contribution in [0.2, 0.25) is 0 Å². The number of fused-ring (bicyclic) bond motifs is 1. The molecule has 1 saturated heterocycles. The van der Waals surface area contributed by atoms with Crippen LogP contribution < -0.4 is 0 Å². The van der Waals surface area contributed by atoms with Crippen LogP contribution in [0.5, 0.6) is 0 Å². The van der Waals surface area contributed by atoms with E-state index in [2.05, 4.69) is 27.7 Å². The van der Waals surface area contributed by atoms with Gasteiger partial charge in [-0.25, -0.2) is 0 Å². The van der Waals surface area contributed by atoms with E-state index in [-0.39, 0.29) is 17.5 Å². The molecule has 0 amide bonds. The highest BCUT2D eigenvalue weighted by atomic mass is 19.4. The zero-order valence-corrected chi connectivity index (χ0v) is 15.5. The Morgan fingerprint density at radius 2 is 1.64 bits per heavy atom. The summed E-state index contributed by atoms with van der Waals surface area (Å²) < 4.78 is 41.2. The summed E-state index contributed by atoms with van der Waals surface area (Å²) in [5, 5.41) is 1.86. The highest BCUT2D eigenvalue weighted by molar-refractivity contribution is 5.32. The van der Waals surface area contributed by atoms with Gasteiger partial charge in [0.05, 0.1) is 5.92 Å². The molecule has 0 unspecified atom stereocenters. The maximum Gasteiger partial charge on any atom is 0.394 e. The second-order valence-corrected chi connectivity index (χ2v) is 8.68. The molecular weight excluding hydrogens is 327 g/mol. The van der Waals surface area contributed by atoms with Crippen molar-refractivity contribution in [3.63, 3.8) is 0 Å². The van der Waals surface area contributed by atoms with Crippen LogP contribution in [0.1, 0.15) is 70.6 Å². The number of nitrogens with zero attached hydrogens (tertiary/aromatic N) is 1. The molecule has 0 bridgehead atoms. The first-order valence-electron chi connectivity index (χ1n) is 9.14. The Balaban J connectivity index is 1.99. The first-order chi connectivity index (χ1) is 11.5. The Bertz CT molecular complexity index is 608. The molecule has 25 heavy (non-hydrogen) atoms. The van der Waals surface area contributed by atoms with Gasteiger partial charge in [0.2, 0.25) is 0 Å². The molecule has 0 N–H and O–H groups in total. The van der Waals surface area contributed by atoms with Crippen LogP contribution in [-0.4, -0.2) is 22.3 Å². The van der Waals surface area contributed by atoms with E-state index < -0.39 is 18.2 Å². The minimum atomic E-state index is -4.26. The number of aryl methyl sites for hydroxylation is 1. The lowest BCUT2D eigenvalue weighted by atomic mass is 9.80. The summed E-state index contributed by atoms with van der Waals surface area (Å²) in [5.74, 6) is -1.46. The Morgan fingerprint density at radius 1 is 1.04 bits per heavy atom. The second-order valence-electron chi connectivity index (χ2n) is 8.68. The zero-order valence-electron chi connectivity index (χ0n) is 15.5. The summed E-state index contributed by atoms with van der Waals surface area (Å²) in [7, 11) is 0. The van der Waals surface area contributed by atoms with Crippen LogP contribution in [-0.2, 0) is 11.3 Å². The molecule has 5 heteroatoms. The number of piperidine rings is 1. The maximum absolute atomic E-state index is 13.7. The number of benzene rings is 1. The average Bonchev–Trinajstić information content (AvgIpc) is 2.49. The van der Waals surface area contributed by atoms with Crippen LogP contribution >= 0.6 is 0 Å².